The van der Waals surface area contributed by atoms with Crippen LogP contribution < -0.4 is 0 Å². The number of aliphatic imine (C=N–C) groups is 1. The third-order valence-corrected chi connectivity index (χ3v) is 5.72. The normalized spacial score (nSPS) is 11.9. The van der Waals surface area contributed by atoms with Crippen molar-refractivity contribution in [3.8, 4) is 16.3 Å². The molecule has 0 atom stereocenters. The van der Waals surface area contributed by atoms with Crippen LogP contribution in [0.1, 0.15) is 11.3 Å². The van der Waals surface area contributed by atoms with E-state index in [1.54, 1.807) is 11.3 Å². The van der Waals surface area contributed by atoms with E-state index in [0.29, 0.717) is 0 Å². The molecule has 7 heteroatoms. The summed E-state index contributed by atoms with van der Waals surface area (Å²) in [4.78, 5) is 17.9. The average molecular weight is 424 g/mol. The van der Waals surface area contributed by atoms with Gasteiger partial charge in [0.05, 0.1) is 10.6 Å². The topological polar surface area (TPSA) is 46.3 Å². The molecule has 3 aromatic heterocycles. The van der Waals surface area contributed by atoms with E-state index in [-0.39, 0.29) is 5.28 Å². The number of para-hydroxylation sites is 1. The zero-order valence-corrected chi connectivity index (χ0v) is 18.0. The van der Waals surface area contributed by atoms with Gasteiger partial charge in [-0.05, 0) is 69.0 Å². The van der Waals surface area contributed by atoms with Gasteiger partial charge < -0.3 is 9.47 Å². The number of nitrogens with zero attached hydrogens (tertiary/aromatic N) is 5. The van der Waals surface area contributed by atoms with Crippen molar-refractivity contribution in [2.75, 3.05) is 27.2 Å². The Kier molecular flexibility index (Phi) is 6.04. The van der Waals surface area contributed by atoms with Crippen molar-refractivity contribution in [1.82, 2.24) is 19.4 Å². The first-order valence-corrected chi connectivity index (χ1v) is 10.7. The lowest BCUT2D eigenvalue weighted by Crippen LogP contribution is -2.13. The van der Waals surface area contributed by atoms with Crippen molar-refractivity contribution in [3.05, 3.63) is 64.9 Å². The Morgan fingerprint density at radius 1 is 1.10 bits per heavy atom. The molecule has 3 heterocycles. The van der Waals surface area contributed by atoms with Gasteiger partial charge in [0.15, 0.2) is 0 Å². The van der Waals surface area contributed by atoms with Crippen molar-refractivity contribution in [2.45, 2.75) is 6.42 Å². The third kappa shape index (κ3) is 4.56. The van der Waals surface area contributed by atoms with Gasteiger partial charge >= 0.3 is 0 Å². The smallest absolute Gasteiger partial charge is 0.224 e. The van der Waals surface area contributed by atoms with Crippen molar-refractivity contribution in [3.63, 3.8) is 0 Å². The van der Waals surface area contributed by atoms with E-state index in [4.69, 9.17) is 11.6 Å². The zero-order valence-electron chi connectivity index (χ0n) is 16.4. The average Bonchev–Trinajstić information content (AvgIpc) is 3.34. The zero-order chi connectivity index (χ0) is 20.2. The van der Waals surface area contributed by atoms with Crippen LogP contribution in [0, 0.1) is 0 Å². The predicted molar refractivity (Wildman–Crippen MR) is 123 cm³/mol. The molecular formula is C22H22ClN5S. The highest BCUT2D eigenvalue weighted by Gasteiger charge is 2.15. The maximum absolute atomic E-state index is 6.28. The summed E-state index contributed by atoms with van der Waals surface area (Å²) in [5.74, 6) is 0. The number of hydrogen-bond donors (Lipinski definition) is 0. The SMILES string of the molecule is CN(C)CCC/N=C/c1ccc(-c2nc(Cl)nc3c2ccn3-c2ccccc2)s1. The molecule has 1 aromatic carbocycles. The Morgan fingerprint density at radius 2 is 1.93 bits per heavy atom. The minimum Gasteiger partial charge on any atom is -0.309 e. The third-order valence-electron chi connectivity index (χ3n) is 4.52. The van der Waals surface area contributed by atoms with E-state index in [9.17, 15) is 0 Å². The minimum absolute atomic E-state index is 0.246. The lowest BCUT2D eigenvalue weighted by Gasteiger charge is -2.06. The highest BCUT2D eigenvalue weighted by atomic mass is 35.5. The number of fused-ring (bicyclic) bond motifs is 1. The van der Waals surface area contributed by atoms with Gasteiger partial charge in [0.25, 0.3) is 0 Å². The fourth-order valence-electron chi connectivity index (χ4n) is 3.15. The summed E-state index contributed by atoms with van der Waals surface area (Å²) in [7, 11) is 4.15. The van der Waals surface area contributed by atoms with Crippen LogP contribution in [0.15, 0.2) is 59.7 Å². The number of halogens is 1. The molecule has 4 aromatic rings. The summed E-state index contributed by atoms with van der Waals surface area (Å²) in [6, 6.07) is 16.3. The van der Waals surface area contributed by atoms with E-state index in [1.165, 1.54) is 0 Å². The molecule has 0 aliphatic heterocycles. The lowest BCUT2D eigenvalue weighted by molar-refractivity contribution is 0.403. The molecule has 0 spiro atoms. The quantitative estimate of drug-likeness (QED) is 0.234. The van der Waals surface area contributed by atoms with Crippen LogP contribution in [-0.2, 0) is 0 Å². The Labute approximate surface area is 179 Å². The highest BCUT2D eigenvalue weighted by molar-refractivity contribution is 7.17. The van der Waals surface area contributed by atoms with Gasteiger partial charge in [-0.2, -0.15) is 4.98 Å². The molecule has 0 N–H and O–H groups in total. The number of thiophene rings is 1. The second-order valence-electron chi connectivity index (χ2n) is 6.99. The molecule has 0 saturated heterocycles. The van der Waals surface area contributed by atoms with Crippen molar-refractivity contribution < 1.29 is 0 Å². The molecule has 5 nitrogen and oxygen atoms in total. The Balaban J connectivity index is 1.63. The van der Waals surface area contributed by atoms with Crippen LogP contribution in [0.3, 0.4) is 0 Å². The molecule has 0 bridgehead atoms. The fourth-order valence-corrected chi connectivity index (χ4v) is 4.22. The number of aromatic nitrogens is 3. The van der Waals surface area contributed by atoms with Crippen LogP contribution in [0.25, 0.3) is 27.3 Å². The maximum atomic E-state index is 6.28. The first kappa shape index (κ1) is 19.8. The Bertz CT molecular complexity index is 1130. The summed E-state index contributed by atoms with van der Waals surface area (Å²) in [5, 5.41) is 1.23. The van der Waals surface area contributed by atoms with Gasteiger partial charge in [0, 0.05) is 34.9 Å². The second-order valence-corrected chi connectivity index (χ2v) is 8.45. The summed E-state index contributed by atoms with van der Waals surface area (Å²) in [6.45, 7) is 1.87. The Morgan fingerprint density at radius 3 is 2.72 bits per heavy atom. The van der Waals surface area contributed by atoms with Crippen LogP contribution in [-0.4, -0.2) is 52.8 Å². The molecule has 0 saturated carbocycles. The van der Waals surface area contributed by atoms with Crippen LogP contribution in [0.5, 0.6) is 0 Å². The molecule has 0 amide bonds. The molecule has 148 valence electrons. The molecule has 0 aliphatic carbocycles. The van der Waals surface area contributed by atoms with Gasteiger partial charge in [-0.25, -0.2) is 4.98 Å². The number of benzene rings is 1. The highest BCUT2D eigenvalue weighted by Crippen LogP contribution is 2.33. The fraction of sp³-hybridized carbons (Fsp3) is 0.227. The second kappa shape index (κ2) is 8.86. The summed E-state index contributed by atoms with van der Waals surface area (Å²) < 4.78 is 2.03. The molecule has 0 unspecified atom stereocenters. The van der Waals surface area contributed by atoms with E-state index in [0.717, 1.165) is 51.7 Å². The summed E-state index contributed by atoms with van der Waals surface area (Å²) in [6.07, 6.45) is 5.01. The molecule has 4 rings (SSSR count). The van der Waals surface area contributed by atoms with Crippen molar-refractivity contribution in [1.29, 1.82) is 0 Å². The predicted octanol–water partition coefficient (Wildman–Crippen LogP) is 5.17. The van der Waals surface area contributed by atoms with Gasteiger partial charge in [0.1, 0.15) is 5.65 Å². The van der Waals surface area contributed by atoms with E-state index < -0.39 is 0 Å². The largest absolute Gasteiger partial charge is 0.309 e. The van der Waals surface area contributed by atoms with E-state index >= 15 is 0 Å². The molecule has 29 heavy (non-hydrogen) atoms. The molecule has 0 aliphatic rings. The van der Waals surface area contributed by atoms with E-state index in [2.05, 4.69) is 46.1 Å². The van der Waals surface area contributed by atoms with Crippen molar-refractivity contribution >= 4 is 40.2 Å². The number of rotatable bonds is 7. The van der Waals surface area contributed by atoms with Gasteiger partial charge in [-0.3, -0.25) is 4.99 Å². The first-order chi connectivity index (χ1) is 14.1. The van der Waals surface area contributed by atoms with Crippen molar-refractivity contribution in [2.24, 2.45) is 4.99 Å². The maximum Gasteiger partial charge on any atom is 0.224 e. The summed E-state index contributed by atoms with van der Waals surface area (Å²) >= 11 is 7.94. The molecule has 0 radical (unpaired) electrons. The van der Waals surface area contributed by atoms with Crippen LogP contribution in [0.2, 0.25) is 5.28 Å². The first-order valence-electron chi connectivity index (χ1n) is 9.46. The van der Waals surface area contributed by atoms with E-state index in [1.807, 2.05) is 53.4 Å². The van der Waals surface area contributed by atoms with Gasteiger partial charge in [-0.1, -0.05) is 18.2 Å². The monoisotopic (exact) mass is 423 g/mol. The van der Waals surface area contributed by atoms with Gasteiger partial charge in [-0.15, -0.1) is 11.3 Å². The van der Waals surface area contributed by atoms with Gasteiger partial charge in [0.2, 0.25) is 5.28 Å². The van der Waals surface area contributed by atoms with Crippen LogP contribution >= 0.6 is 22.9 Å². The number of hydrogen-bond acceptors (Lipinski definition) is 5. The summed E-state index contributed by atoms with van der Waals surface area (Å²) in [5.41, 5.74) is 2.70. The van der Waals surface area contributed by atoms with Crippen LogP contribution in [0.4, 0.5) is 0 Å². The Hall–Kier alpha value is -2.54. The molecule has 0 fully saturated rings. The minimum atomic E-state index is 0.246. The standard InChI is InChI=1S/C22H22ClN5S/c1-27(2)13-6-12-24-15-17-9-10-19(29-17)20-18-11-14-28(16-7-4-3-5-8-16)21(18)26-22(23)25-20/h3-5,7-11,14-15H,6,12-13H2,1-2H3/b24-15+. The lowest BCUT2D eigenvalue weighted by atomic mass is 10.2. The molecular weight excluding hydrogens is 402 g/mol.